The standard InChI is InChI=1S/C11H21NO/c1-8(11(12)9(2)13)7-10-5-3-4-6-10/h8,10-11H,3-7,12H2,1-2H3/t8-,11+/m0/s1. The van der Waals surface area contributed by atoms with E-state index >= 15 is 0 Å². The van der Waals surface area contributed by atoms with Crippen molar-refractivity contribution in [2.45, 2.75) is 52.0 Å². The monoisotopic (exact) mass is 183 g/mol. The van der Waals surface area contributed by atoms with Gasteiger partial charge in [0.15, 0.2) is 0 Å². The maximum Gasteiger partial charge on any atom is 0.146 e. The Bertz CT molecular complexity index is 173. The summed E-state index contributed by atoms with van der Waals surface area (Å²) >= 11 is 0. The third kappa shape index (κ3) is 3.11. The molecule has 0 amide bonds. The molecule has 2 atom stereocenters. The first-order chi connectivity index (χ1) is 6.11. The van der Waals surface area contributed by atoms with Gasteiger partial charge in [0.2, 0.25) is 0 Å². The van der Waals surface area contributed by atoms with E-state index in [1.54, 1.807) is 6.92 Å². The molecule has 1 saturated carbocycles. The molecule has 76 valence electrons. The molecule has 1 aliphatic rings. The topological polar surface area (TPSA) is 43.1 Å². The molecule has 0 aliphatic heterocycles. The second-order valence-electron chi connectivity index (χ2n) is 4.50. The summed E-state index contributed by atoms with van der Waals surface area (Å²) in [5.74, 6) is 1.33. The van der Waals surface area contributed by atoms with Crippen LogP contribution in [0.25, 0.3) is 0 Å². The van der Waals surface area contributed by atoms with Gasteiger partial charge >= 0.3 is 0 Å². The molecule has 2 N–H and O–H groups in total. The van der Waals surface area contributed by atoms with Crippen molar-refractivity contribution in [1.29, 1.82) is 0 Å². The molecule has 1 aliphatic carbocycles. The number of rotatable bonds is 4. The molecule has 13 heavy (non-hydrogen) atoms. The molecule has 0 aromatic rings. The van der Waals surface area contributed by atoms with E-state index in [9.17, 15) is 4.79 Å². The van der Waals surface area contributed by atoms with Crippen LogP contribution >= 0.6 is 0 Å². The highest BCUT2D eigenvalue weighted by Gasteiger charge is 2.23. The lowest BCUT2D eigenvalue weighted by atomic mass is 9.88. The summed E-state index contributed by atoms with van der Waals surface area (Å²) < 4.78 is 0. The van der Waals surface area contributed by atoms with Gasteiger partial charge in [-0.1, -0.05) is 32.6 Å². The molecular formula is C11H21NO. The van der Waals surface area contributed by atoms with Crippen molar-refractivity contribution in [1.82, 2.24) is 0 Å². The molecule has 0 unspecified atom stereocenters. The Hall–Kier alpha value is -0.370. The molecule has 0 spiro atoms. The van der Waals surface area contributed by atoms with Crippen LogP contribution < -0.4 is 5.73 Å². The summed E-state index contributed by atoms with van der Waals surface area (Å²) in [5.41, 5.74) is 5.79. The van der Waals surface area contributed by atoms with Gasteiger partial charge in [0, 0.05) is 0 Å². The molecule has 0 aromatic carbocycles. The first-order valence-corrected chi connectivity index (χ1v) is 5.37. The Morgan fingerprint density at radius 1 is 1.46 bits per heavy atom. The maximum atomic E-state index is 11.0. The predicted molar refractivity (Wildman–Crippen MR) is 54.4 cm³/mol. The average Bonchev–Trinajstić information content (AvgIpc) is 2.55. The SMILES string of the molecule is CC(=O)[C@H](N)[C@@H](C)CC1CCCC1. The van der Waals surface area contributed by atoms with E-state index in [1.807, 2.05) is 0 Å². The highest BCUT2D eigenvalue weighted by molar-refractivity contribution is 5.81. The van der Waals surface area contributed by atoms with Gasteiger partial charge in [0.25, 0.3) is 0 Å². The molecule has 2 nitrogen and oxygen atoms in total. The summed E-state index contributed by atoms with van der Waals surface area (Å²) in [6, 6.07) is -0.236. The zero-order chi connectivity index (χ0) is 9.84. The highest BCUT2D eigenvalue weighted by atomic mass is 16.1. The number of carbonyl (C=O) groups is 1. The number of hydrogen-bond acceptors (Lipinski definition) is 2. The summed E-state index contributed by atoms with van der Waals surface area (Å²) in [4.78, 5) is 11.0. The lowest BCUT2D eigenvalue weighted by Gasteiger charge is -2.20. The summed E-state index contributed by atoms with van der Waals surface area (Å²) in [6.45, 7) is 3.69. The van der Waals surface area contributed by atoms with Crippen LogP contribution in [0.3, 0.4) is 0 Å². The second-order valence-corrected chi connectivity index (χ2v) is 4.50. The smallest absolute Gasteiger partial charge is 0.146 e. The Balaban J connectivity index is 2.30. The summed E-state index contributed by atoms with van der Waals surface area (Å²) in [5, 5.41) is 0. The minimum atomic E-state index is -0.236. The van der Waals surface area contributed by atoms with Crippen molar-refractivity contribution in [2.75, 3.05) is 0 Å². The number of carbonyl (C=O) groups excluding carboxylic acids is 1. The predicted octanol–water partition coefficient (Wildman–Crippen LogP) is 2.12. The zero-order valence-corrected chi connectivity index (χ0v) is 8.75. The molecule has 0 saturated heterocycles. The Morgan fingerprint density at radius 2 is 2.00 bits per heavy atom. The summed E-state index contributed by atoms with van der Waals surface area (Å²) in [7, 11) is 0. The highest BCUT2D eigenvalue weighted by Crippen LogP contribution is 2.30. The van der Waals surface area contributed by atoms with Crippen molar-refractivity contribution >= 4 is 5.78 Å². The van der Waals surface area contributed by atoms with Crippen molar-refractivity contribution in [3.8, 4) is 0 Å². The Kier molecular flexibility index (Phi) is 3.91. The van der Waals surface area contributed by atoms with Gasteiger partial charge in [0.05, 0.1) is 6.04 Å². The quantitative estimate of drug-likeness (QED) is 0.725. The molecule has 1 rings (SSSR count). The van der Waals surface area contributed by atoms with Crippen LogP contribution in [0.4, 0.5) is 0 Å². The number of hydrogen-bond donors (Lipinski definition) is 1. The molecule has 0 heterocycles. The summed E-state index contributed by atoms with van der Waals surface area (Å²) in [6.07, 6.45) is 6.56. The number of nitrogens with two attached hydrogens (primary N) is 1. The zero-order valence-electron chi connectivity index (χ0n) is 8.75. The van der Waals surface area contributed by atoms with Crippen LogP contribution in [0.2, 0.25) is 0 Å². The van der Waals surface area contributed by atoms with E-state index in [1.165, 1.54) is 25.7 Å². The van der Waals surface area contributed by atoms with Gasteiger partial charge < -0.3 is 5.73 Å². The van der Waals surface area contributed by atoms with E-state index in [0.29, 0.717) is 5.92 Å². The van der Waals surface area contributed by atoms with Crippen LogP contribution in [0, 0.1) is 11.8 Å². The average molecular weight is 183 g/mol. The fourth-order valence-electron chi connectivity index (χ4n) is 2.32. The van der Waals surface area contributed by atoms with Crippen LogP contribution in [-0.2, 0) is 4.79 Å². The van der Waals surface area contributed by atoms with Crippen LogP contribution in [0.1, 0.15) is 46.0 Å². The van der Waals surface area contributed by atoms with Gasteiger partial charge in [-0.15, -0.1) is 0 Å². The third-order valence-electron chi connectivity index (χ3n) is 3.26. The normalized spacial score (nSPS) is 23.0. The van der Waals surface area contributed by atoms with E-state index < -0.39 is 0 Å². The van der Waals surface area contributed by atoms with E-state index in [4.69, 9.17) is 5.73 Å². The van der Waals surface area contributed by atoms with Crippen LogP contribution in [-0.4, -0.2) is 11.8 Å². The minimum absolute atomic E-state index is 0.130. The second kappa shape index (κ2) is 4.75. The maximum absolute atomic E-state index is 11.0. The van der Waals surface area contributed by atoms with Crippen molar-refractivity contribution in [3.63, 3.8) is 0 Å². The lowest BCUT2D eigenvalue weighted by molar-refractivity contribution is -0.119. The fourth-order valence-corrected chi connectivity index (χ4v) is 2.32. The first-order valence-electron chi connectivity index (χ1n) is 5.37. The molecule has 2 heteroatoms. The first kappa shape index (κ1) is 10.7. The molecule has 0 bridgehead atoms. The molecule has 0 aromatic heterocycles. The lowest BCUT2D eigenvalue weighted by Crippen LogP contribution is -2.35. The van der Waals surface area contributed by atoms with Crippen LogP contribution in [0.5, 0.6) is 0 Å². The molecular weight excluding hydrogens is 162 g/mol. The number of ketones is 1. The van der Waals surface area contributed by atoms with Crippen molar-refractivity contribution in [3.05, 3.63) is 0 Å². The van der Waals surface area contributed by atoms with Gasteiger partial charge in [0.1, 0.15) is 5.78 Å². The Labute approximate surface area is 80.9 Å². The van der Waals surface area contributed by atoms with Gasteiger partial charge in [-0.3, -0.25) is 4.79 Å². The minimum Gasteiger partial charge on any atom is -0.321 e. The van der Waals surface area contributed by atoms with E-state index in [-0.39, 0.29) is 11.8 Å². The van der Waals surface area contributed by atoms with Gasteiger partial charge in [-0.05, 0) is 25.2 Å². The van der Waals surface area contributed by atoms with Crippen LogP contribution in [0.15, 0.2) is 0 Å². The Morgan fingerprint density at radius 3 is 2.46 bits per heavy atom. The van der Waals surface area contributed by atoms with E-state index in [2.05, 4.69) is 6.92 Å². The van der Waals surface area contributed by atoms with E-state index in [0.717, 1.165) is 12.3 Å². The van der Waals surface area contributed by atoms with Crippen molar-refractivity contribution in [2.24, 2.45) is 17.6 Å². The number of Topliss-reactive ketones (excluding diaryl/α,β-unsaturated/α-hetero) is 1. The van der Waals surface area contributed by atoms with Gasteiger partial charge in [-0.25, -0.2) is 0 Å². The molecule has 0 radical (unpaired) electrons. The largest absolute Gasteiger partial charge is 0.321 e. The molecule has 1 fully saturated rings. The fraction of sp³-hybridized carbons (Fsp3) is 0.909. The van der Waals surface area contributed by atoms with Crippen molar-refractivity contribution < 1.29 is 4.79 Å². The van der Waals surface area contributed by atoms with Gasteiger partial charge in [-0.2, -0.15) is 0 Å². The third-order valence-corrected chi connectivity index (χ3v) is 3.26.